The Hall–Kier alpha value is -1.74. The molecule has 0 spiro atoms. The zero-order valence-electron chi connectivity index (χ0n) is 21.5. The number of thioether (sulfide) groups is 1. The van der Waals surface area contributed by atoms with Crippen molar-refractivity contribution in [3.05, 3.63) is 5.76 Å². The van der Waals surface area contributed by atoms with E-state index in [2.05, 4.69) is 29.6 Å². The molecule has 2 heterocycles. The summed E-state index contributed by atoms with van der Waals surface area (Å²) in [6, 6.07) is 0.234. The van der Waals surface area contributed by atoms with Crippen molar-refractivity contribution in [2.75, 3.05) is 32.8 Å². The first-order chi connectivity index (χ1) is 16.7. The summed E-state index contributed by atoms with van der Waals surface area (Å²) in [5.41, 5.74) is -0.709. The van der Waals surface area contributed by atoms with Crippen LogP contribution in [0.25, 0.3) is 0 Å². The molecule has 4 saturated carbocycles. The molecule has 2 N–H and O–H groups in total. The number of rotatable bonds is 8. The molecular formula is C26H40N4O4S. The largest absolute Gasteiger partial charge is 0.474 e. The molecule has 1 aromatic heterocycles. The van der Waals surface area contributed by atoms with Crippen LogP contribution in [0.3, 0.4) is 0 Å². The second-order valence-corrected chi connectivity index (χ2v) is 13.5. The minimum atomic E-state index is -0.709. The van der Waals surface area contributed by atoms with Crippen LogP contribution in [0.4, 0.5) is 0 Å². The molecule has 6 rings (SSSR count). The normalized spacial score (nSPS) is 30.1. The molecule has 5 fully saturated rings. The van der Waals surface area contributed by atoms with Crippen molar-refractivity contribution in [2.24, 2.45) is 29.1 Å². The van der Waals surface area contributed by atoms with E-state index in [0.717, 1.165) is 24.9 Å². The van der Waals surface area contributed by atoms with E-state index in [4.69, 9.17) is 9.26 Å². The number of amides is 2. The number of ether oxygens (including phenoxy) is 1. The summed E-state index contributed by atoms with van der Waals surface area (Å²) in [6.45, 7) is 11.1. The van der Waals surface area contributed by atoms with Crippen LogP contribution in [0, 0.1) is 29.1 Å². The Kier molecular flexibility index (Phi) is 7.09. The van der Waals surface area contributed by atoms with Gasteiger partial charge in [0.1, 0.15) is 11.5 Å². The van der Waals surface area contributed by atoms with Crippen molar-refractivity contribution in [1.29, 1.82) is 0 Å². The summed E-state index contributed by atoms with van der Waals surface area (Å²) < 4.78 is 11.6. The lowest BCUT2D eigenvalue weighted by molar-refractivity contribution is -0.142. The van der Waals surface area contributed by atoms with Gasteiger partial charge in [-0.2, -0.15) is 0 Å². The lowest BCUT2D eigenvalue weighted by Crippen LogP contribution is -2.55. The molecule has 1 saturated heterocycles. The predicted molar refractivity (Wildman–Crippen MR) is 135 cm³/mol. The smallest absolute Gasteiger partial charge is 0.291 e. The van der Waals surface area contributed by atoms with E-state index in [9.17, 15) is 9.59 Å². The molecule has 2 amide bonds. The van der Waals surface area contributed by atoms with Gasteiger partial charge in [-0.05, 0) is 74.8 Å². The van der Waals surface area contributed by atoms with Gasteiger partial charge in [-0.3, -0.25) is 9.59 Å². The van der Waals surface area contributed by atoms with Crippen molar-refractivity contribution in [1.82, 2.24) is 20.7 Å². The average molecular weight is 505 g/mol. The lowest BCUT2D eigenvalue weighted by atomic mass is 9.54. The summed E-state index contributed by atoms with van der Waals surface area (Å²) in [5, 5.41) is 11.0. The highest BCUT2D eigenvalue weighted by atomic mass is 32.2. The molecule has 4 bridgehead atoms. The number of aromatic nitrogens is 1. The highest BCUT2D eigenvalue weighted by molar-refractivity contribution is 8.00. The molecule has 1 aromatic rings. The first kappa shape index (κ1) is 24.9. The van der Waals surface area contributed by atoms with Crippen LogP contribution in [0.15, 0.2) is 9.42 Å². The number of hydrogen-bond donors (Lipinski definition) is 2. The Morgan fingerprint density at radius 1 is 1.14 bits per heavy atom. The monoisotopic (exact) mass is 504 g/mol. The summed E-state index contributed by atoms with van der Waals surface area (Å²) in [6.07, 6.45) is 6.36. The van der Waals surface area contributed by atoms with E-state index < -0.39 is 5.41 Å². The second-order valence-electron chi connectivity index (χ2n) is 12.0. The average Bonchev–Trinajstić information content (AvgIpc) is 3.21. The fourth-order valence-electron chi connectivity index (χ4n) is 6.83. The van der Waals surface area contributed by atoms with Crippen molar-refractivity contribution in [2.45, 2.75) is 76.0 Å². The van der Waals surface area contributed by atoms with E-state index in [1.165, 1.54) is 43.9 Å². The minimum absolute atomic E-state index is 0.0698. The van der Waals surface area contributed by atoms with Gasteiger partial charge in [-0.1, -0.05) is 13.8 Å². The highest BCUT2D eigenvalue weighted by Gasteiger charge is 2.49. The zero-order chi connectivity index (χ0) is 24.7. The maximum absolute atomic E-state index is 13.4. The van der Waals surface area contributed by atoms with E-state index in [-0.39, 0.29) is 35.5 Å². The van der Waals surface area contributed by atoms with Gasteiger partial charge >= 0.3 is 0 Å². The van der Waals surface area contributed by atoms with Gasteiger partial charge in [0, 0.05) is 37.5 Å². The SMILES string of the molecule is CC(C)Sc1c(OCC(C)(C)C(=O)N2CCNCC2)noc1C(=O)NC1C2CC3CC(C2)CC1C3. The zero-order valence-corrected chi connectivity index (χ0v) is 22.3. The molecule has 8 nitrogen and oxygen atoms in total. The summed E-state index contributed by atoms with van der Waals surface area (Å²) in [4.78, 5) is 29.0. The Bertz CT molecular complexity index is 912. The van der Waals surface area contributed by atoms with Crippen LogP contribution < -0.4 is 15.4 Å². The van der Waals surface area contributed by atoms with Gasteiger partial charge < -0.3 is 24.8 Å². The standard InChI is InChI=1S/C26H40N4O4S/c1-15(2)35-22-21(23(31)28-20-18-10-16-9-17(12-18)13-19(20)11-16)34-29-24(22)33-14-26(3,4)25(32)30-7-5-27-6-8-30/h15-20,27H,5-14H2,1-4H3,(H,28,31). The Morgan fingerprint density at radius 2 is 1.77 bits per heavy atom. The molecule has 0 aromatic carbocycles. The molecule has 1 aliphatic heterocycles. The third kappa shape index (κ3) is 5.22. The molecular weight excluding hydrogens is 464 g/mol. The van der Waals surface area contributed by atoms with Crippen LogP contribution >= 0.6 is 11.8 Å². The van der Waals surface area contributed by atoms with Gasteiger partial charge in [-0.15, -0.1) is 11.8 Å². The summed E-state index contributed by atoms with van der Waals surface area (Å²) in [5.74, 6) is 3.31. The van der Waals surface area contributed by atoms with Gasteiger partial charge in [0.15, 0.2) is 0 Å². The van der Waals surface area contributed by atoms with E-state index >= 15 is 0 Å². The van der Waals surface area contributed by atoms with Crippen LogP contribution in [0.1, 0.15) is 70.4 Å². The van der Waals surface area contributed by atoms with Gasteiger partial charge in [0.05, 0.1) is 5.41 Å². The number of nitrogens with zero attached hydrogens (tertiary/aromatic N) is 2. The number of carbonyl (C=O) groups excluding carboxylic acids is 2. The summed E-state index contributed by atoms with van der Waals surface area (Å²) >= 11 is 1.52. The number of piperazine rings is 1. The van der Waals surface area contributed by atoms with Gasteiger partial charge in [0.2, 0.25) is 11.7 Å². The Labute approximate surface area is 212 Å². The molecule has 9 heteroatoms. The predicted octanol–water partition coefficient (Wildman–Crippen LogP) is 3.57. The van der Waals surface area contributed by atoms with E-state index in [1.807, 2.05) is 18.7 Å². The second kappa shape index (κ2) is 9.96. The van der Waals surface area contributed by atoms with Crippen molar-refractivity contribution in [3.8, 4) is 5.88 Å². The fourth-order valence-corrected chi connectivity index (χ4v) is 7.73. The Balaban J connectivity index is 1.27. The minimum Gasteiger partial charge on any atom is -0.474 e. The molecule has 194 valence electrons. The van der Waals surface area contributed by atoms with Crippen molar-refractivity contribution < 1.29 is 18.8 Å². The third-order valence-electron chi connectivity index (χ3n) is 8.26. The quantitative estimate of drug-likeness (QED) is 0.523. The maximum Gasteiger partial charge on any atom is 0.291 e. The van der Waals surface area contributed by atoms with Crippen molar-refractivity contribution in [3.63, 3.8) is 0 Å². The van der Waals surface area contributed by atoms with Crippen LogP contribution in [0.2, 0.25) is 0 Å². The first-order valence-corrected chi connectivity index (χ1v) is 14.2. The third-order valence-corrected chi connectivity index (χ3v) is 9.32. The molecule has 0 radical (unpaired) electrons. The molecule has 4 aliphatic carbocycles. The fraction of sp³-hybridized carbons (Fsp3) is 0.808. The van der Waals surface area contributed by atoms with E-state index in [1.54, 1.807) is 0 Å². The van der Waals surface area contributed by atoms with Crippen LogP contribution in [-0.4, -0.2) is 65.9 Å². The molecule has 5 aliphatic rings. The lowest BCUT2D eigenvalue weighted by Gasteiger charge is -2.54. The summed E-state index contributed by atoms with van der Waals surface area (Å²) in [7, 11) is 0. The highest BCUT2D eigenvalue weighted by Crippen LogP contribution is 2.53. The molecule has 0 unspecified atom stereocenters. The number of hydrogen-bond acceptors (Lipinski definition) is 7. The topological polar surface area (TPSA) is 96.7 Å². The molecule has 35 heavy (non-hydrogen) atoms. The van der Waals surface area contributed by atoms with Crippen LogP contribution in [-0.2, 0) is 4.79 Å². The molecule has 0 atom stereocenters. The van der Waals surface area contributed by atoms with Crippen molar-refractivity contribution >= 4 is 23.6 Å². The number of carbonyl (C=O) groups is 2. The van der Waals surface area contributed by atoms with Gasteiger partial charge in [0.25, 0.3) is 11.8 Å². The number of nitrogens with one attached hydrogen (secondary N) is 2. The maximum atomic E-state index is 13.4. The Morgan fingerprint density at radius 3 is 2.37 bits per heavy atom. The van der Waals surface area contributed by atoms with Gasteiger partial charge in [-0.25, -0.2) is 0 Å². The van der Waals surface area contributed by atoms with E-state index in [0.29, 0.717) is 35.7 Å². The van der Waals surface area contributed by atoms with Crippen LogP contribution in [0.5, 0.6) is 5.88 Å². The first-order valence-electron chi connectivity index (χ1n) is 13.3.